The summed E-state index contributed by atoms with van der Waals surface area (Å²) in [6, 6.07) is 15.5. The molecule has 4 heterocycles. The Morgan fingerprint density at radius 2 is 0.703 bits per heavy atom. The fourth-order valence-electron chi connectivity index (χ4n) is 9.23. The molecule has 0 aliphatic carbocycles. The number of nitrogens with zero attached hydrogens (tertiary/aromatic N) is 4. The van der Waals surface area contributed by atoms with Crippen LogP contribution in [0.4, 0.5) is 17.6 Å². The van der Waals surface area contributed by atoms with Crippen molar-refractivity contribution in [3.8, 4) is 308 Å². The molecular formula is C95H49F4LiN6O5. The van der Waals surface area contributed by atoms with E-state index in [1.807, 2.05) is 61.1 Å². The largest absolute Gasteiger partial charge is 1.00 e. The van der Waals surface area contributed by atoms with Crippen molar-refractivity contribution in [3.63, 3.8) is 0 Å². The first-order valence-corrected chi connectivity index (χ1v) is 31.3. The summed E-state index contributed by atoms with van der Waals surface area (Å²) in [5.41, 5.74) is 8.13. The van der Waals surface area contributed by atoms with E-state index in [0.29, 0.717) is 24.2 Å². The van der Waals surface area contributed by atoms with E-state index in [2.05, 4.69) is 310 Å². The molecule has 518 valence electrons. The van der Waals surface area contributed by atoms with Gasteiger partial charge in [0.2, 0.25) is 0 Å². The molecule has 0 aliphatic heterocycles. The molecule has 0 saturated heterocycles. The van der Waals surface area contributed by atoms with Gasteiger partial charge in [-0.3, -0.25) is 19.8 Å². The number of benzene rings is 4. The average molecular weight is 1440 g/mol. The van der Waals surface area contributed by atoms with Crippen molar-refractivity contribution in [2.75, 3.05) is 7.11 Å². The van der Waals surface area contributed by atoms with Gasteiger partial charge in [0.15, 0.2) is 23.3 Å². The van der Waals surface area contributed by atoms with Gasteiger partial charge in [-0.1, -0.05) is 41.0 Å². The van der Waals surface area contributed by atoms with E-state index in [1.54, 1.807) is 25.4 Å². The van der Waals surface area contributed by atoms with Crippen molar-refractivity contribution in [1.29, 1.82) is 0 Å². The van der Waals surface area contributed by atoms with E-state index in [4.69, 9.17) is 11.2 Å². The standard InChI is InChI=1S/C51H4.C22H21F2N3O2.C21H19F2N3O2.CH4.Li.H2O/c1-3-5-7-9-11-13-15-17-19-21-23-25-27-29-31-33-35-37-39-41-43-45-47-49-51-50-48-46-44-42-40-38-36-34-32-30-28-26-24-22-20-18-16-14-12-10-8-6-4-2;1-12(2)22-15(5-7-21(28)29-3)16-10-19-13(11-25-26-19)8-20(16)27(22)14-4-6-17(23)18(24)9-14;1-11(2)21-14(4-6-20(27)28)15-9-18-12(10-24-25-18)7-19(15)26(21)13-3-5-16(22)17(23)8-13;;;/h1H,2H3;4,6,8-12H,5,7H2,1-3H3,(H,25,26);3,5,7-11H,4,6H2,1-2H3,(H,24,25)(H,27,28);1H4;;1H2/q;;;;+1;/p-1. The van der Waals surface area contributed by atoms with Gasteiger partial charge in [-0.15, -0.1) is 6.42 Å². The van der Waals surface area contributed by atoms with E-state index in [-0.39, 0.29) is 62.4 Å². The van der Waals surface area contributed by atoms with Gasteiger partial charge in [-0.2, -0.15) is 10.2 Å². The molecule has 11 nitrogen and oxygen atoms in total. The quantitative estimate of drug-likeness (QED) is 0.0540. The van der Waals surface area contributed by atoms with Crippen LogP contribution in [0.25, 0.3) is 55.0 Å². The summed E-state index contributed by atoms with van der Waals surface area (Å²) in [6.07, 6.45) is 9.40. The first-order valence-electron chi connectivity index (χ1n) is 31.3. The molecule has 8 rings (SSSR count). The second-order valence-electron chi connectivity index (χ2n) is 20.8. The number of H-pyrrole nitrogens is 2. The van der Waals surface area contributed by atoms with Crippen LogP contribution in [0.5, 0.6) is 0 Å². The smallest absolute Gasteiger partial charge is 0.870 e. The van der Waals surface area contributed by atoms with E-state index >= 15 is 0 Å². The number of methoxy groups -OCH3 is 1. The Morgan fingerprint density at radius 1 is 0.432 bits per heavy atom. The van der Waals surface area contributed by atoms with Crippen molar-refractivity contribution < 1.29 is 61.3 Å². The van der Waals surface area contributed by atoms with Crippen LogP contribution in [-0.4, -0.2) is 59.2 Å². The van der Waals surface area contributed by atoms with Gasteiger partial charge in [0.05, 0.1) is 41.6 Å². The van der Waals surface area contributed by atoms with Crippen LogP contribution in [0, 0.1) is 320 Å². The third kappa shape index (κ3) is 29.8. The van der Waals surface area contributed by atoms with Gasteiger partial charge in [0.1, 0.15) is 0 Å². The number of esters is 1. The minimum atomic E-state index is -0.925. The predicted molar refractivity (Wildman–Crippen MR) is 420 cm³/mol. The van der Waals surface area contributed by atoms with Crippen molar-refractivity contribution >= 4 is 55.6 Å². The Morgan fingerprint density at radius 3 is 0.946 bits per heavy atom. The summed E-state index contributed by atoms with van der Waals surface area (Å²) in [7, 11) is 1.37. The number of carbonyl (C=O) groups is 2. The van der Waals surface area contributed by atoms with Gasteiger partial charge < -0.3 is 24.5 Å². The second-order valence-corrected chi connectivity index (χ2v) is 20.8. The number of aromatic nitrogens is 6. The molecule has 0 fully saturated rings. The Hall–Kier alpha value is -16.9. The Labute approximate surface area is 655 Å². The van der Waals surface area contributed by atoms with Crippen LogP contribution >= 0.6 is 0 Å². The molecule has 4 N–H and O–H groups in total. The molecule has 0 radical (unpaired) electrons. The maximum absolute atomic E-state index is 14.0. The van der Waals surface area contributed by atoms with Crippen molar-refractivity contribution in [1.82, 2.24) is 29.5 Å². The van der Waals surface area contributed by atoms with E-state index in [1.165, 1.54) is 25.3 Å². The summed E-state index contributed by atoms with van der Waals surface area (Å²) in [5.74, 6) is 117. The Balaban J connectivity index is 0.000000451. The summed E-state index contributed by atoms with van der Waals surface area (Å²) in [5, 5.41) is 26.9. The topological polar surface area (TPSA) is 161 Å². The molecule has 0 bridgehead atoms. The first kappa shape index (κ1) is 88.3. The van der Waals surface area contributed by atoms with Gasteiger partial charge in [0.25, 0.3) is 0 Å². The third-order valence-electron chi connectivity index (χ3n) is 13.2. The summed E-state index contributed by atoms with van der Waals surface area (Å²) in [4.78, 5) is 23.0. The Kier molecular flexibility index (Phi) is 40.2. The van der Waals surface area contributed by atoms with Gasteiger partial charge in [-0.25, -0.2) is 17.6 Å². The van der Waals surface area contributed by atoms with Gasteiger partial charge in [0, 0.05) is 259 Å². The van der Waals surface area contributed by atoms with Crippen LogP contribution < -0.4 is 18.9 Å². The van der Waals surface area contributed by atoms with E-state index < -0.39 is 29.2 Å². The average Bonchev–Trinajstić information content (AvgIpc) is 1.59. The molecule has 8 aromatic rings. The van der Waals surface area contributed by atoms with Gasteiger partial charge in [-0.05, 0) is 186 Å². The SMILES string of the molecule is C.C#CC#CC#CC#CC#CC#CC#CC#CC#CC#CC#CC#CC#CC#CC#CC#CC#CC#CC#CC#CC#CC#CC#CC#CC#CC.CC(C)c1c(CCC(=O)O)c2cc3[nH]ncc3cc2n1-c1ccc(F)c(F)c1.COC(=O)CCc1c(C(C)C)n(-c2ccc(F)c(F)c2)c2cc3cn[nH]c3cc12.[Li+].[OH-]. The van der Waals surface area contributed by atoms with Gasteiger partial charge >= 0.3 is 30.8 Å². The van der Waals surface area contributed by atoms with Crippen molar-refractivity contribution in [3.05, 3.63) is 119 Å². The first-order chi connectivity index (χ1) is 52.7. The predicted octanol–water partition coefficient (Wildman–Crippen LogP) is 8.12. The van der Waals surface area contributed by atoms with E-state index in [0.717, 1.165) is 78.3 Å². The number of aryl methyl sites for hydroxylation is 2. The number of ether oxygens (including phenoxy) is 1. The zero-order valence-corrected chi connectivity index (χ0v) is 59.4. The molecule has 0 spiro atoms. The third-order valence-corrected chi connectivity index (χ3v) is 13.2. The molecule has 4 aromatic heterocycles. The number of carbonyl (C=O) groups excluding carboxylic acids is 1. The fraction of sp³-hybridized carbons (Fsp3) is 0.137. The number of aliphatic carboxylic acids is 1. The molecule has 16 heteroatoms. The summed E-state index contributed by atoms with van der Waals surface area (Å²) in [6.45, 7) is 9.77. The minimum Gasteiger partial charge on any atom is -0.870 e. The van der Waals surface area contributed by atoms with Crippen LogP contribution in [0.3, 0.4) is 0 Å². The van der Waals surface area contributed by atoms with Crippen LogP contribution in [0.15, 0.2) is 73.1 Å². The number of aromatic amines is 2. The molecule has 0 unspecified atom stereocenters. The Bertz CT molecular complexity index is 6770. The van der Waals surface area contributed by atoms with Crippen molar-refractivity contribution in [2.45, 2.75) is 79.6 Å². The zero-order chi connectivity index (χ0) is 77.4. The zero-order valence-electron chi connectivity index (χ0n) is 59.4. The number of nitrogens with one attached hydrogen (secondary N) is 2. The summed E-state index contributed by atoms with van der Waals surface area (Å²) >= 11 is 0. The molecule has 0 amide bonds. The summed E-state index contributed by atoms with van der Waals surface area (Å²) < 4.78 is 63.7. The number of carboxylic acids is 1. The minimum absolute atomic E-state index is 0. The maximum Gasteiger partial charge on any atom is 1.00 e. The second kappa shape index (κ2) is 50.5. The molecular weight excluding hydrogens is 1390 g/mol. The number of hydrogen-bond acceptors (Lipinski definition) is 6. The molecule has 4 aromatic carbocycles. The fourth-order valence-corrected chi connectivity index (χ4v) is 9.23. The molecule has 0 atom stereocenters. The number of halogens is 4. The van der Waals surface area contributed by atoms with Crippen molar-refractivity contribution in [2.24, 2.45) is 0 Å². The number of hydrogen-bond donors (Lipinski definition) is 3. The number of rotatable bonds is 10. The normalized spacial score (nSPS) is 7.81. The maximum atomic E-state index is 14.0. The molecule has 0 saturated carbocycles. The van der Waals surface area contributed by atoms with Crippen LogP contribution in [0.1, 0.15) is 89.2 Å². The molecule has 0 aliphatic rings. The number of fused-ring (bicyclic) bond motifs is 4. The molecule has 111 heavy (non-hydrogen) atoms. The van der Waals surface area contributed by atoms with Crippen LogP contribution in [0.2, 0.25) is 0 Å². The van der Waals surface area contributed by atoms with Crippen LogP contribution in [-0.2, 0) is 27.2 Å². The number of terminal acetylenes is 1. The van der Waals surface area contributed by atoms with E-state index in [9.17, 15) is 32.3 Å². The number of carboxylic acid groups (broad SMARTS) is 1. The monoisotopic (exact) mass is 1440 g/mol.